The average Bonchev–Trinajstić information content (AvgIpc) is 3.08. The van der Waals surface area contributed by atoms with Crippen molar-refractivity contribution in [1.82, 2.24) is 20.2 Å². The quantitative estimate of drug-likeness (QED) is 0.483. The molecule has 0 fully saturated rings. The summed E-state index contributed by atoms with van der Waals surface area (Å²) in [6.45, 7) is -1.03. The smallest absolute Gasteiger partial charge is 0.414 e. The molecule has 29 heavy (non-hydrogen) atoms. The summed E-state index contributed by atoms with van der Waals surface area (Å²) in [6, 6.07) is 8.97. The molecule has 0 aliphatic heterocycles. The molecule has 0 radical (unpaired) electrons. The molecule has 0 unspecified atom stereocenters. The lowest BCUT2D eigenvalue weighted by atomic mass is 10.0. The van der Waals surface area contributed by atoms with Gasteiger partial charge in [-0.1, -0.05) is 12.1 Å². The van der Waals surface area contributed by atoms with Crippen molar-refractivity contribution in [2.75, 3.05) is 11.9 Å². The molecule has 0 atom stereocenters. The number of anilines is 1. The Bertz CT molecular complexity index is 1280. The predicted molar refractivity (Wildman–Crippen MR) is 98.4 cm³/mol. The lowest BCUT2D eigenvalue weighted by Gasteiger charge is -2.06. The van der Waals surface area contributed by atoms with E-state index < -0.39 is 30.5 Å². The van der Waals surface area contributed by atoms with Gasteiger partial charge < -0.3 is 9.72 Å². The van der Waals surface area contributed by atoms with Crippen molar-refractivity contribution in [3.63, 3.8) is 0 Å². The Morgan fingerprint density at radius 1 is 1.24 bits per heavy atom. The number of nitrogens with one attached hydrogen (secondary N) is 3. The number of H-pyrrole nitrogens is 2. The van der Waals surface area contributed by atoms with E-state index in [2.05, 4.69) is 30.2 Å². The van der Waals surface area contributed by atoms with Crippen LogP contribution >= 0.6 is 0 Å². The largest absolute Gasteiger partial charge is 0.443 e. The van der Waals surface area contributed by atoms with Crippen LogP contribution in [0.15, 0.2) is 41.2 Å². The second-order valence-corrected chi connectivity index (χ2v) is 6.00. The summed E-state index contributed by atoms with van der Waals surface area (Å²) in [4.78, 5) is 30.3. The molecule has 2 heterocycles. The number of amides is 1. The lowest BCUT2D eigenvalue weighted by Crippen LogP contribution is -2.18. The number of benzene rings is 2. The van der Waals surface area contributed by atoms with Crippen molar-refractivity contribution in [3.05, 3.63) is 52.6 Å². The van der Waals surface area contributed by atoms with Gasteiger partial charge in [-0.3, -0.25) is 10.1 Å². The summed E-state index contributed by atoms with van der Waals surface area (Å²) in [7, 11) is 0. The summed E-state index contributed by atoms with van der Waals surface area (Å²) < 4.78 is 42.9. The Morgan fingerprint density at radius 3 is 2.86 bits per heavy atom. The van der Waals surface area contributed by atoms with E-state index in [1.807, 2.05) is 0 Å². The first-order chi connectivity index (χ1) is 13.9. The van der Waals surface area contributed by atoms with Crippen molar-refractivity contribution in [2.45, 2.75) is 6.43 Å². The molecule has 11 heteroatoms. The van der Waals surface area contributed by atoms with Crippen LogP contribution in [0.3, 0.4) is 0 Å². The number of aromatic nitrogens is 4. The molecule has 4 aromatic rings. The first-order valence-electron chi connectivity index (χ1n) is 8.31. The third-order valence-corrected chi connectivity index (χ3v) is 4.08. The molecule has 8 nitrogen and oxygen atoms in total. The molecule has 2 aromatic carbocycles. The number of carbonyl (C=O) groups excluding carboxylic acids is 1. The molecule has 0 saturated heterocycles. The van der Waals surface area contributed by atoms with Gasteiger partial charge >= 0.3 is 6.09 Å². The van der Waals surface area contributed by atoms with E-state index in [1.54, 1.807) is 18.2 Å². The van der Waals surface area contributed by atoms with E-state index in [-0.39, 0.29) is 22.4 Å². The number of alkyl halides is 2. The minimum Gasteiger partial charge on any atom is -0.443 e. The van der Waals surface area contributed by atoms with Gasteiger partial charge in [0.05, 0.1) is 21.8 Å². The van der Waals surface area contributed by atoms with Crippen LogP contribution in [-0.4, -0.2) is 39.3 Å². The minimum absolute atomic E-state index is 0.0121. The number of ether oxygens (including phenoxy) is 1. The molecular weight excluding hydrogens is 391 g/mol. The SMILES string of the molecule is O=C(Nc1nc2cc(-c3n[nH]c(=O)c4cccc(F)c34)ccc2[nH]1)OCC(F)F. The van der Waals surface area contributed by atoms with E-state index in [4.69, 9.17) is 0 Å². The van der Waals surface area contributed by atoms with Gasteiger partial charge in [-0.2, -0.15) is 5.10 Å². The van der Waals surface area contributed by atoms with Crippen LogP contribution < -0.4 is 10.9 Å². The van der Waals surface area contributed by atoms with Crippen LogP contribution in [0.25, 0.3) is 33.1 Å². The summed E-state index contributed by atoms with van der Waals surface area (Å²) >= 11 is 0. The van der Waals surface area contributed by atoms with Gasteiger partial charge in [-0.15, -0.1) is 0 Å². The molecule has 0 spiro atoms. The number of carbonyl (C=O) groups is 1. The Morgan fingerprint density at radius 2 is 2.07 bits per heavy atom. The van der Waals surface area contributed by atoms with Crippen LogP contribution in [0.4, 0.5) is 23.9 Å². The zero-order chi connectivity index (χ0) is 20.5. The molecule has 1 amide bonds. The molecule has 0 aliphatic carbocycles. The lowest BCUT2D eigenvalue weighted by molar-refractivity contribution is 0.0547. The normalized spacial score (nSPS) is 11.3. The van der Waals surface area contributed by atoms with Gasteiger partial charge in [0, 0.05) is 5.56 Å². The van der Waals surface area contributed by atoms with Crippen LogP contribution in [0.1, 0.15) is 0 Å². The third kappa shape index (κ3) is 3.61. The first-order valence-corrected chi connectivity index (χ1v) is 8.31. The summed E-state index contributed by atoms with van der Waals surface area (Å²) in [5.74, 6) is -0.607. The number of nitrogens with zero attached hydrogens (tertiary/aromatic N) is 2. The second-order valence-electron chi connectivity index (χ2n) is 6.00. The van der Waals surface area contributed by atoms with Gasteiger partial charge in [-0.05, 0) is 24.3 Å². The highest BCUT2D eigenvalue weighted by Gasteiger charge is 2.15. The molecule has 0 bridgehead atoms. The zero-order valence-electron chi connectivity index (χ0n) is 14.5. The summed E-state index contributed by atoms with van der Waals surface area (Å²) in [5, 5.41) is 8.73. The molecule has 0 saturated carbocycles. The number of fused-ring (bicyclic) bond motifs is 2. The average molecular weight is 403 g/mol. The van der Waals surface area contributed by atoms with E-state index in [0.29, 0.717) is 16.6 Å². The zero-order valence-corrected chi connectivity index (χ0v) is 14.5. The molecule has 4 rings (SSSR count). The van der Waals surface area contributed by atoms with Crippen molar-refractivity contribution in [2.24, 2.45) is 0 Å². The van der Waals surface area contributed by atoms with Gasteiger partial charge in [0.15, 0.2) is 6.61 Å². The predicted octanol–water partition coefficient (Wildman–Crippen LogP) is 3.42. The van der Waals surface area contributed by atoms with Crippen LogP contribution in [0.2, 0.25) is 0 Å². The van der Waals surface area contributed by atoms with E-state index in [1.165, 1.54) is 18.2 Å². The van der Waals surface area contributed by atoms with E-state index >= 15 is 0 Å². The van der Waals surface area contributed by atoms with Gasteiger partial charge in [0.25, 0.3) is 12.0 Å². The number of imidazole rings is 1. The third-order valence-electron chi connectivity index (χ3n) is 4.08. The van der Waals surface area contributed by atoms with Crippen molar-refractivity contribution >= 4 is 33.8 Å². The highest BCUT2D eigenvalue weighted by molar-refractivity contribution is 5.96. The van der Waals surface area contributed by atoms with Crippen molar-refractivity contribution in [3.8, 4) is 11.3 Å². The first kappa shape index (κ1) is 18.5. The maximum absolute atomic E-state index is 14.4. The minimum atomic E-state index is -2.78. The second kappa shape index (κ2) is 7.26. The standard InChI is InChI=1S/C18H12F3N5O3/c19-10-3-1-2-9-14(10)15(25-26-16(9)27)8-4-5-11-12(6-8)23-17(22-11)24-18(28)29-7-13(20)21/h1-6,13H,7H2,(H,26,27)(H2,22,23,24,28). The van der Waals surface area contributed by atoms with Gasteiger partial charge in [0.1, 0.15) is 11.5 Å². The Labute approximate surface area is 159 Å². The van der Waals surface area contributed by atoms with Crippen LogP contribution in [0.5, 0.6) is 0 Å². The molecule has 3 N–H and O–H groups in total. The van der Waals surface area contributed by atoms with Crippen molar-refractivity contribution < 1.29 is 22.7 Å². The van der Waals surface area contributed by atoms with Gasteiger partial charge in [-0.25, -0.2) is 28.0 Å². The number of halogens is 3. The maximum Gasteiger partial charge on any atom is 0.414 e. The van der Waals surface area contributed by atoms with Crippen molar-refractivity contribution in [1.29, 1.82) is 0 Å². The maximum atomic E-state index is 14.4. The monoisotopic (exact) mass is 403 g/mol. The fraction of sp³-hybridized carbons (Fsp3) is 0.111. The summed E-state index contributed by atoms with van der Waals surface area (Å²) in [6.07, 6.45) is -3.86. The topological polar surface area (TPSA) is 113 Å². The number of rotatable bonds is 4. The van der Waals surface area contributed by atoms with Gasteiger partial charge in [0.2, 0.25) is 5.95 Å². The van der Waals surface area contributed by atoms with E-state index in [0.717, 1.165) is 0 Å². The fourth-order valence-corrected chi connectivity index (χ4v) is 2.87. The molecule has 148 valence electrons. The Kier molecular flexibility index (Phi) is 4.63. The molecule has 2 aromatic heterocycles. The molecular formula is C18H12F3N5O3. The molecule has 0 aliphatic rings. The fourth-order valence-electron chi connectivity index (χ4n) is 2.87. The van der Waals surface area contributed by atoms with Crippen LogP contribution in [0, 0.1) is 5.82 Å². The summed E-state index contributed by atoms with van der Waals surface area (Å²) in [5.41, 5.74) is 1.09. The van der Waals surface area contributed by atoms with E-state index in [9.17, 15) is 22.8 Å². The number of aromatic amines is 2. The highest BCUT2D eigenvalue weighted by Crippen LogP contribution is 2.28. The van der Waals surface area contributed by atoms with Crippen LogP contribution in [-0.2, 0) is 4.74 Å². The Hall–Kier alpha value is -3.89. The number of hydrogen-bond acceptors (Lipinski definition) is 5. The number of hydrogen-bond donors (Lipinski definition) is 3. The Balaban J connectivity index is 1.70. The highest BCUT2D eigenvalue weighted by atomic mass is 19.3.